The molecule has 0 aliphatic heterocycles. The summed E-state index contributed by atoms with van der Waals surface area (Å²) in [5.41, 5.74) is 0.0851. The molecule has 1 saturated carbocycles. The van der Waals surface area contributed by atoms with Gasteiger partial charge in [-0.05, 0) is 18.8 Å². The summed E-state index contributed by atoms with van der Waals surface area (Å²) in [5, 5.41) is 0. The normalized spacial score (nSPS) is 18.8. The Morgan fingerprint density at radius 2 is 2.25 bits per heavy atom. The van der Waals surface area contributed by atoms with E-state index < -0.39 is 12.3 Å². The molecule has 0 saturated heterocycles. The monoisotopic (exact) mass is 234 g/mol. The number of halogens is 3. The molecule has 16 heavy (non-hydrogen) atoms. The minimum atomic E-state index is -4.39. The summed E-state index contributed by atoms with van der Waals surface area (Å²) in [5.74, 6) is 0.499. The van der Waals surface area contributed by atoms with E-state index in [1.165, 1.54) is 12.5 Å². The lowest BCUT2D eigenvalue weighted by Gasteiger charge is -2.20. The number of methoxy groups -OCH3 is 1. The molecule has 2 rings (SSSR count). The highest BCUT2D eigenvalue weighted by atomic mass is 19.4. The van der Waals surface area contributed by atoms with Crippen LogP contribution in [-0.2, 0) is 11.3 Å². The summed E-state index contributed by atoms with van der Waals surface area (Å²) in [6.07, 6.45) is -1.44. The van der Waals surface area contributed by atoms with Crippen LogP contribution in [0.5, 0.6) is 0 Å². The van der Waals surface area contributed by atoms with Crippen LogP contribution in [0.2, 0.25) is 0 Å². The topological polar surface area (TPSA) is 27.1 Å². The van der Waals surface area contributed by atoms with E-state index in [-0.39, 0.29) is 5.69 Å². The Morgan fingerprint density at radius 1 is 1.56 bits per heavy atom. The van der Waals surface area contributed by atoms with Crippen LogP contribution in [-0.4, -0.2) is 22.8 Å². The van der Waals surface area contributed by atoms with Crippen LogP contribution in [0.25, 0.3) is 0 Å². The highest BCUT2D eigenvalue weighted by Gasteiger charge is 2.43. The summed E-state index contributed by atoms with van der Waals surface area (Å²) in [6.45, 7) is 0.602. The van der Waals surface area contributed by atoms with E-state index in [1.807, 2.05) is 0 Å². The SMILES string of the molecule is COC(c1cncn1CC1CC1)C(F)(F)F. The summed E-state index contributed by atoms with van der Waals surface area (Å²) in [4.78, 5) is 3.77. The van der Waals surface area contributed by atoms with Crippen LogP contribution < -0.4 is 0 Å². The molecule has 1 aromatic heterocycles. The fraction of sp³-hybridized carbons (Fsp3) is 0.700. The first kappa shape index (κ1) is 11.4. The third-order valence-corrected chi connectivity index (χ3v) is 2.70. The van der Waals surface area contributed by atoms with Crippen LogP contribution in [0.4, 0.5) is 13.2 Å². The molecule has 1 aliphatic carbocycles. The molecule has 1 atom stereocenters. The molecule has 0 aromatic carbocycles. The predicted molar refractivity (Wildman–Crippen MR) is 50.8 cm³/mol. The van der Waals surface area contributed by atoms with E-state index in [0.29, 0.717) is 12.5 Å². The molecule has 1 aromatic rings. The van der Waals surface area contributed by atoms with Gasteiger partial charge in [0.25, 0.3) is 0 Å². The van der Waals surface area contributed by atoms with E-state index in [9.17, 15) is 13.2 Å². The van der Waals surface area contributed by atoms with Gasteiger partial charge in [0, 0.05) is 13.7 Å². The minimum Gasteiger partial charge on any atom is -0.366 e. The Morgan fingerprint density at radius 3 is 2.75 bits per heavy atom. The van der Waals surface area contributed by atoms with Gasteiger partial charge in [0.1, 0.15) is 0 Å². The molecule has 0 spiro atoms. The van der Waals surface area contributed by atoms with E-state index in [4.69, 9.17) is 0 Å². The molecule has 0 amide bonds. The standard InChI is InChI=1S/C10H13F3N2O/c1-16-9(10(11,12)13)8-4-14-6-15(8)5-7-2-3-7/h4,6-7,9H,2-3,5H2,1H3. The summed E-state index contributed by atoms with van der Waals surface area (Å²) >= 11 is 0. The van der Waals surface area contributed by atoms with Crippen molar-refractivity contribution in [1.82, 2.24) is 9.55 Å². The molecule has 1 heterocycles. The third-order valence-electron chi connectivity index (χ3n) is 2.70. The number of rotatable bonds is 4. The van der Waals surface area contributed by atoms with E-state index in [1.54, 1.807) is 4.57 Å². The van der Waals surface area contributed by atoms with E-state index in [0.717, 1.165) is 20.0 Å². The zero-order valence-corrected chi connectivity index (χ0v) is 8.87. The zero-order valence-electron chi connectivity index (χ0n) is 8.87. The molecule has 1 fully saturated rings. The number of nitrogens with zero attached hydrogens (tertiary/aromatic N) is 2. The minimum absolute atomic E-state index is 0.0851. The molecule has 0 N–H and O–H groups in total. The molecule has 1 unspecified atom stereocenters. The van der Waals surface area contributed by atoms with Crippen molar-refractivity contribution in [3.05, 3.63) is 18.2 Å². The predicted octanol–water partition coefficient (Wildman–Crippen LogP) is 2.54. The third kappa shape index (κ3) is 2.37. The average Bonchev–Trinajstić information content (AvgIpc) is 2.87. The van der Waals surface area contributed by atoms with Crippen molar-refractivity contribution in [3.63, 3.8) is 0 Å². The zero-order chi connectivity index (χ0) is 11.8. The van der Waals surface area contributed by atoms with Crippen molar-refractivity contribution in [2.45, 2.75) is 31.7 Å². The van der Waals surface area contributed by atoms with Crippen LogP contribution in [0, 0.1) is 5.92 Å². The van der Waals surface area contributed by atoms with Crippen molar-refractivity contribution in [2.24, 2.45) is 5.92 Å². The summed E-state index contributed by atoms with van der Waals surface area (Å²) in [7, 11) is 1.06. The van der Waals surface area contributed by atoms with E-state index >= 15 is 0 Å². The van der Waals surface area contributed by atoms with Gasteiger partial charge >= 0.3 is 6.18 Å². The quantitative estimate of drug-likeness (QED) is 0.800. The van der Waals surface area contributed by atoms with Crippen LogP contribution >= 0.6 is 0 Å². The number of hydrogen-bond acceptors (Lipinski definition) is 2. The number of alkyl halides is 3. The average molecular weight is 234 g/mol. The fourth-order valence-electron chi connectivity index (χ4n) is 1.70. The van der Waals surface area contributed by atoms with Gasteiger partial charge in [0.15, 0.2) is 6.10 Å². The fourth-order valence-corrected chi connectivity index (χ4v) is 1.70. The van der Waals surface area contributed by atoms with Crippen molar-refractivity contribution in [2.75, 3.05) is 7.11 Å². The maximum atomic E-state index is 12.7. The molecule has 3 nitrogen and oxygen atoms in total. The number of aromatic nitrogens is 2. The Hall–Kier alpha value is -1.04. The molecule has 1 aliphatic rings. The highest BCUT2D eigenvalue weighted by Crippen LogP contribution is 2.37. The smallest absolute Gasteiger partial charge is 0.366 e. The molecule has 0 bridgehead atoms. The highest BCUT2D eigenvalue weighted by molar-refractivity contribution is 5.06. The second kappa shape index (κ2) is 4.08. The summed E-state index contributed by atoms with van der Waals surface area (Å²) in [6, 6.07) is 0. The van der Waals surface area contributed by atoms with Gasteiger partial charge < -0.3 is 9.30 Å². The van der Waals surface area contributed by atoms with Gasteiger partial charge in [-0.2, -0.15) is 13.2 Å². The lowest BCUT2D eigenvalue weighted by molar-refractivity contribution is -0.217. The van der Waals surface area contributed by atoms with Crippen LogP contribution in [0.1, 0.15) is 24.6 Å². The Labute approximate surface area is 91.2 Å². The molecule has 6 heteroatoms. The van der Waals surface area contributed by atoms with Crippen molar-refractivity contribution in [3.8, 4) is 0 Å². The molecule has 90 valence electrons. The first-order chi connectivity index (χ1) is 7.52. The number of imidazole rings is 1. The largest absolute Gasteiger partial charge is 0.420 e. The van der Waals surface area contributed by atoms with Gasteiger partial charge in [0.05, 0.1) is 18.2 Å². The van der Waals surface area contributed by atoms with Crippen LogP contribution in [0.15, 0.2) is 12.5 Å². The maximum Gasteiger partial charge on any atom is 0.420 e. The number of ether oxygens (including phenoxy) is 1. The van der Waals surface area contributed by atoms with Gasteiger partial charge in [-0.15, -0.1) is 0 Å². The van der Waals surface area contributed by atoms with Gasteiger partial charge in [0.2, 0.25) is 0 Å². The van der Waals surface area contributed by atoms with Crippen LogP contribution in [0.3, 0.4) is 0 Å². The second-order valence-corrected chi connectivity index (χ2v) is 4.07. The molecule has 0 radical (unpaired) electrons. The lowest BCUT2D eigenvalue weighted by Crippen LogP contribution is -2.25. The first-order valence-corrected chi connectivity index (χ1v) is 5.12. The van der Waals surface area contributed by atoms with Crippen molar-refractivity contribution >= 4 is 0 Å². The molecular weight excluding hydrogens is 221 g/mol. The van der Waals surface area contributed by atoms with Gasteiger partial charge in [-0.1, -0.05) is 0 Å². The number of hydrogen-bond donors (Lipinski definition) is 0. The molecular formula is C10H13F3N2O. The Bertz CT molecular complexity index is 357. The maximum absolute atomic E-state index is 12.7. The Balaban J connectivity index is 2.19. The lowest BCUT2D eigenvalue weighted by atomic mass is 10.2. The second-order valence-electron chi connectivity index (χ2n) is 4.07. The first-order valence-electron chi connectivity index (χ1n) is 5.12. The Kier molecular flexibility index (Phi) is 2.92. The van der Waals surface area contributed by atoms with E-state index in [2.05, 4.69) is 9.72 Å². The van der Waals surface area contributed by atoms with Gasteiger partial charge in [-0.3, -0.25) is 0 Å². The van der Waals surface area contributed by atoms with Gasteiger partial charge in [-0.25, -0.2) is 4.98 Å². The van der Waals surface area contributed by atoms with Crippen molar-refractivity contribution in [1.29, 1.82) is 0 Å². The summed E-state index contributed by atoms with van der Waals surface area (Å²) < 4.78 is 44.0. The van der Waals surface area contributed by atoms with Crippen molar-refractivity contribution < 1.29 is 17.9 Å².